The zero-order valence-corrected chi connectivity index (χ0v) is 64.0. The number of nitrogens with two attached hydrogens (primary N) is 1. The number of halogens is 9. The van der Waals surface area contributed by atoms with E-state index in [1.165, 1.54) is 87.7 Å². The van der Waals surface area contributed by atoms with Crippen LogP contribution in [-0.4, -0.2) is 107 Å². The molecule has 23 nitrogen and oxygen atoms in total. The summed E-state index contributed by atoms with van der Waals surface area (Å²) in [5.74, 6) is 0.0977. The first kappa shape index (κ1) is 82.8. The van der Waals surface area contributed by atoms with Crippen LogP contribution in [0.15, 0.2) is 226 Å². The SMILES string of the molecule is C/C(=N\NC(=S)Nc1c(C)cccc1C)c1ccc(-c2ncn(-c3ccc(OC(F)(F)F)cc3)n2)cc1.CC(NC(=S)N/N=C/c1ccc(-c2ncn(-c3ccc(OC(F)(F)F)cc3)n2)cc1)c1ccsc1.COc1cc(C)c(NC(=S)N/N=C/c2ccc(C3=NN(c4ccc(OC(F)(F)F)cc4)C(C(N)=O)C3)cc2)c(C)c1. The van der Waals surface area contributed by atoms with E-state index in [4.69, 9.17) is 47.1 Å². The third-order valence-corrected chi connectivity index (χ3v) is 17.7. The Bertz CT molecular complexity index is 5200. The second kappa shape index (κ2) is 37.4. The number of nitrogens with zero attached hydrogens (tertiary/aromatic N) is 11. The lowest BCUT2D eigenvalue weighted by Crippen LogP contribution is -2.39. The number of para-hydroxylation sites is 1. The minimum atomic E-state index is -4.80. The van der Waals surface area contributed by atoms with Crippen LogP contribution in [0.3, 0.4) is 0 Å². The van der Waals surface area contributed by atoms with E-state index in [1.807, 2.05) is 156 Å². The van der Waals surface area contributed by atoms with Crippen molar-refractivity contribution in [2.75, 3.05) is 22.8 Å². The zero-order chi connectivity index (χ0) is 81.2. The van der Waals surface area contributed by atoms with Crippen LogP contribution in [0.2, 0.25) is 0 Å². The first-order valence-corrected chi connectivity index (χ1v) is 35.9. The Hall–Kier alpha value is -12.7. The van der Waals surface area contributed by atoms with E-state index in [0.29, 0.717) is 49.8 Å². The summed E-state index contributed by atoms with van der Waals surface area (Å²) >= 11 is 17.6. The molecule has 0 fully saturated rings. The van der Waals surface area contributed by atoms with Gasteiger partial charge >= 0.3 is 19.1 Å². The van der Waals surface area contributed by atoms with Crippen molar-refractivity contribution in [2.45, 2.75) is 79.1 Å². The highest BCUT2D eigenvalue weighted by atomic mass is 32.1. The van der Waals surface area contributed by atoms with E-state index < -0.39 is 31.0 Å². The van der Waals surface area contributed by atoms with Gasteiger partial charge in [-0.25, -0.2) is 19.3 Å². The van der Waals surface area contributed by atoms with Gasteiger partial charge in [-0.3, -0.25) is 26.1 Å². The minimum Gasteiger partial charge on any atom is -0.497 e. The summed E-state index contributed by atoms with van der Waals surface area (Å²) in [5, 5.41) is 42.1. The monoisotopic (exact) mass is 1620 g/mol. The predicted molar refractivity (Wildman–Crippen MR) is 429 cm³/mol. The van der Waals surface area contributed by atoms with Gasteiger partial charge in [0, 0.05) is 28.9 Å². The zero-order valence-electron chi connectivity index (χ0n) is 60.7. The molecule has 0 saturated carbocycles. The van der Waals surface area contributed by atoms with Gasteiger partial charge in [0.1, 0.15) is 41.7 Å². The van der Waals surface area contributed by atoms with Crippen LogP contribution in [0.4, 0.5) is 56.6 Å². The molecule has 4 heterocycles. The molecule has 36 heteroatoms. The summed E-state index contributed by atoms with van der Waals surface area (Å²) in [6.45, 7) is 11.8. The molecule has 0 bridgehead atoms. The first-order valence-electron chi connectivity index (χ1n) is 33.7. The number of hydrogen-bond donors (Lipinski definition) is 7. The normalized spacial score (nSPS) is 13.2. The molecule has 1 aliphatic heterocycles. The highest BCUT2D eigenvalue weighted by Gasteiger charge is 2.35. The maximum absolute atomic E-state index is 12.5. The number of rotatable bonds is 21. The fourth-order valence-electron chi connectivity index (χ4n) is 10.8. The van der Waals surface area contributed by atoms with Crippen LogP contribution in [0.5, 0.6) is 23.0 Å². The molecule has 8 N–H and O–H groups in total. The summed E-state index contributed by atoms with van der Waals surface area (Å²) in [6.07, 6.45) is -7.83. The number of nitrogens with one attached hydrogen (secondary N) is 6. The highest BCUT2D eigenvalue weighted by Crippen LogP contribution is 2.33. The molecular formula is C77H69F9N18O5S4. The summed E-state index contributed by atoms with van der Waals surface area (Å²) < 4.78 is 131. The molecule has 584 valence electrons. The number of amides is 1. The topological polar surface area (TPSA) is 266 Å². The second-order valence-electron chi connectivity index (χ2n) is 24.6. The summed E-state index contributed by atoms with van der Waals surface area (Å²) in [4.78, 5) is 20.7. The van der Waals surface area contributed by atoms with Crippen molar-refractivity contribution in [2.24, 2.45) is 26.1 Å². The van der Waals surface area contributed by atoms with Crippen LogP contribution in [0, 0.1) is 27.7 Å². The number of thiophene rings is 1. The first-order chi connectivity index (χ1) is 53.8. The molecule has 0 saturated heterocycles. The Balaban J connectivity index is 0.000000180. The number of methoxy groups -OCH3 is 1. The third kappa shape index (κ3) is 24.4. The quantitative estimate of drug-likeness (QED) is 0.0153. The number of alkyl halides is 9. The smallest absolute Gasteiger partial charge is 0.497 e. The molecule has 8 aromatic carbocycles. The lowest BCUT2D eigenvalue weighted by atomic mass is 10.0. The number of carbonyl (C=O) groups is 1. The Morgan fingerprint density at radius 1 is 0.566 bits per heavy atom. The summed E-state index contributed by atoms with van der Waals surface area (Å²) in [7, 11) is 1.62. The number of anilines is 3. The van der Waals surface area contributed by atoms with Gasteiger partial charge < -0.3 is 40.6 Å². The maximum atomic E-state index is 12.5. The van der Waals surface area contributed by atoms with Crippen LogP contribution in [0.1, 0.15) is 76.4 Å². The number of aromatic nitrogens is 6. The Labute approximate surface area is 661 Å². The van der Waals surface area contributed by atoms with Crippen LogP contribution < -0.4 is 61.9 Å². The number of benzene rings is 8. The highest BCUT2D eigenvalue weighted by molar-refractivity contribution is 7.80. The largest absolute Gasteiger partial charge is 0.573 e. The average molecular weight is 1630 g/mol. The number of ether oxygens (including phenoxy) is 4. The summed E-state index contributed by atoms with van der Waals surface area (Å²) in [5.41, 5.74) is 28.8. The van der Waals surface area contributed by atoms with Crippen molar-refractivity contribution in [3.8, 4) is 57.1 Å². The van der Waals surface area contributed by atoms with Crippen LogP contribution in [-0.2, 0) is 4.79 Å². The number of hydrazone groups is 4. The fraction of sp³-hybridized carbons (Fsp3) is 0.169. The van der Waals surface area contributed by atoms with E-state index >= 15 is 0 Å². The third-order valence-electron chi connectivity index (χ3n) is 16.4. The molecule has 3 aromatic heterocycles. The van der Waals surface area contributed by atoms with E-state index in [2.05, 4.69) is 92.4 Å². The van der Waals surface area contributed by atoms with Gasteiger partial charge in [0.05, 0.1) is 54.1 Å². The van der Waals surface area contributed by atoms with E-state index in [9.17, 15) is 44.3 Å². The van der Waals surface area contributed by atoms with E-state index in [1.54, 1.807) is 30.9 Å². The lowest BCUT2D eigenvalue weighted by Gasteiger charge is -2.21. The minimum absolute atomic E-state index is 0.0780. The van der Waals surface area contributed by atoms with Gasteiger partial charge in [0.2, 0.25) is 5.91 Å². The standard InChI is InChI=1S/C28H27F3N6O3S.C26H23F3N6OS.C23H19F3N6OS2/c1-16-12-22(39-3)13-17(2)25(16)34-27(41)35-33-15-18-4-6-19(7-5-18)23-14-24(26(32)38)37(36-23)20-8-10-21(11-9-20)40-28(29,30)31;1-16-5-4-6-17(2)23(16)31-25(37)33-32-18(3)19-7-9-20(10-8-19)24-30-15-35(34-24)21-11-13-22(14-12-21)36-26(27,28)29;1-15(18-10-11-35-13-18)29-22(34)30-28-12-16-2-4-17(5-3-16)21-27-14-32(31-21)19-6-8-20(9-7-19)33-23(24,25)26/h4-13,15,24H,14H2,1-3H3,(H2,32,38)(H2,34,35,41);4-15H,1-3H3,(H2,31,33,37);2-15H,1H3,(H2,29,30,34)/b33-15+;32-18+;28-12+. The van der Waals surface area contributed by atoms with Gasteiger partial charge in [-0.2, -0.15) is 31.7 Å². The number of hydrogen-bond acceptors (Lipinski definition) is 18. The van der Waals surface area contributed by atoms with Crippen molar-refractivity contribution < 1.29 is 63.3 Å². The molecule has 2 unspecified atom stereocenters. The van der Waals surface area contributed by atoms with Gasteiger partial charge in [0.25, 0.3) is 0 Å². The average Bonchev–Trinajstić information content (AvgIpc) is 1.67. The van der Waals surface area contributed by atoms with Gasteiger partial charge in [-0.05, 0) is 230 Å². The van der Waals surface area contributed by atoms with Crippen LogP contribution >= 0.6 is 48.0 Å². The number of primary amides is 1. The number of thiocarbonyl (C=S) groups is 3. The van der Waals surface area contributed by atoms with Crippen molar-refractivity contribution >= 4 is 110 Å². The Morgan fingerprint density at radius 3 is 1.44 bits per heavy atom. The Morgan fingerprint density at radius 2 is 1.00 bits per heavy atom. The molecule has 0 aliphatic carbocycles. The molecule has 113 heavy (non-hydrogen) atoms. The second-order valence-corrected chi connectivity index (χ2v) is 26.6. The number of aryl methyl sites for hydroxylation is 4. The maximum Gasteiger partial charge on any atom is 0.573 e. The Kier molecular flexibility index (Phi) is 27.4. The van der Waals surface area contributed by atoms with Crippen LogP contribution in [0.25, 0.3) is 34.2 Å². The molecular weight excluding hydrogens is 1560 g/mol. The van der Waals surface area contributed by atoms with E-state index in [-0.39, 0.29) is 29.7 Å². The van der Waals surface area contributed by atoms with Crippen molar-refractivity contribution in [1.29, 1.82) is 0 Å². The van der Waals surface area contributed by atoms with Gasteiger partial charge in [-0.1, -0.05) is 91.0 Å². The van der Waals surface area contributed by atoms with Gasteiger partial charge in [-0.15, -0.1) is 49.7 Å². The van der Waals surface area contributed by atoms with Crippen molar-refractivity contribution in [3.05, 3.63) is 255 Å². The summed E-state index contributed by atoms with van der Waals surface area (Å²) in [6, 6.07) is 49.1. The number of carbonyl (C=O) groups excluding carboxylic acids is 1. The molecule has 1 amide bonds. The van der Waals surface area contributed by atoms with Gasteiger partial charge in [0.15, 0.2) is 27.0 Å². The molecule has 2 atom stereocenters. The van der Waals surface area contributed by atoms with Crippen molar-refractivity contribution in [3.63, 3.8) is 0 Å². The van der Waals surface area contributed by atoms with Crippen molar-refractivity contribution in [1.82, 2.24) is 51.1 Å². The van der Waals surface area contributed by atoms with E-state index in [0.717, 1.165) is 96.2 Å². The fourth-order valence-corrected chi connectivity index (χ4v) is 12.1. The molecule has 0 spiro atoms. The molecule has 12 rings (SSSR count). The predicted octanol–water partition coefficient (Wildman–Crippen LogP) is 16.6. The molecule has 0 radical (unpaired) electrons. The molecule has 1 aliphatic rings. The lowest BCUT2D eigenvalue weighted by molar-refractivity contribution is -0.275. The molecule has 11 aromatic rings.